The van der Waals surface area contributed by atoms with Gasteiger partial charge in [0.2, 0.25) is 5.95 Å². The van der Waals surface area contributed by atoms with Crippen LogP contribution >= 0.6 is 0 Å². The number of anilines is 1. The van der Waals surface area contributed by atoms with E-state index in [-0.39, 0.29) is 0 Å². The predicted octanol–water partition coefficient (Wildman–Crippen LogP) is 2.68. The maximum atomic E-state index is 13.2. The number of aromatic nitrogens is 2. The summed E-state index contributed by atoms with van der Waals surface area (Å²) in [6.07, 6.45) is 1.51. The first-order valence-corrected chi connectivity index (χ1v) is 7.72. The Hall–Kier alpha value is -2.47. The Morgan fingerprint density at radius 2 is 1.91 bits per heavy atom. The lowest BCUT2D eigenvalue weighted by Crippen LogP contribution is -2.46. The molecule has 1 aliphatic rings. The van der Waals surface area contributed by atoms with E-state index in [0.717, 1.165) is 55.1 Å². The van der Waals surface area contributed by atoms with Gasteiger partial charge in [-0.15, -0.1) is 0 Å². The molecule has 1 fully saturated rings. The Kier molecular flexibility index (Phi) is 3.67. The molecule has 1 saturated heterocycles. The van der Waals surface area contributed by atoms with Crippen molar-refractivity contribution in [1.82, 2.24) is 15.0 Å². The third-order valence-corrected chi connectivity index (χ3v) is 4.27. The Bertz CT molecular complexity index is 811. The molecule has 3 aromatic rings. The average molecular weight is 312 g/mol. The van der Waals surface area contributed by atoms with Crippen LogP contribution in [0.15, 0.2) is 47.1 Å². The number of nitrogens with zero attached hydrogens (tertiary/aromatic N) is 4. The molecular weight excluding hydrogens is 295 g/mol. The number of rotatable bonds is 3. The third-order valence-electron chi connectivity index (χ3n) is 4.27. The molecule has 118 valence electrons. The molecule has 4 rings (SSSR count). The predicted molar refractivity (Wildman–Crippen MR) is 85.7 cm³/mol. The smallest absolute Gasteiger partial charge is 0.214 e. The minimum absolute atomic E-state index is 0.431. The van der Waals surface area contributed by atoms with Crippen LogP contribution in [0.4, 0.5) is 10.1 Å². The number of benzene rings is 1. The van der Waals surface area contributed by atoms with Gasteiger partial charge >= 0.3 is 0 Å². The fourth-order valence-electron chi connectivity index (χ4n) is 3.02. The summed E-state index contributed by atoms with van der Waals surface area (Å²) in [5.74, 6) is -0.431. The van der Waals surface area contributed by atoms with Gasteiger partial charge in [0.15, 0.2) is 5.58 Å². The van der Waals surface area contributed by atoms with Crippen LogP contribution in [0.5, 0.6) is 0 Å². The number of hydrogen-bond donors (Lipinski definition) is 0. The van der Waals surface area contributed by atoms with Crippen molar-refractivity contribution in [2.45, 2.75) is 6.54 Å². The van der Waals surface area contributed by atoms with E-state index in [4.69, 9.17) is 4.52 Å². The van der Waals surface area contributed by atoms with Crippen LogP contribution in [0, 0.1) is 5.95 Å². The van der Waals surface area contributed by atoms with Gasteiger partial charge in [-0.1, -0.05) is 17.3 Å². The zero-order chi connectivity index (χ0) is 15.6. The van der Waals surface area contributed by atoms with Crippen molar-refractivity contribution in [2.24, 2.45) is 0 Å². The molecule has 2 aromatic heterocycles. The monoisotopic (exact) mass is 312 g/mol. The van der Waals surface area contributed by atoms with Gasteiger partial charge in [0, 0.05) is 56.1 Å². The van der Waals surface area contributed by atoms with Gasteiger partial charge in [-0.05, 0) is 18.2 Å². The van der Waals surface area contributed by atoms with Crippen molar-refractivity contribution in [3.63, 3.8) is 0 Å². The second kappa shape index (κ2) is 5.96. The highest BCUT2D eigenvalue weighted by atomic mass is 19.1. The van der Waals surface area contributed by atoms with Gasteiger partial charge < -0.3 is 9.42 Å². The first-order valence-electron chi connectivity index (χ1n) is 7.72. The number of pyridine rings is 1. The summed E-state index contributed by atoms with van der Waals surface area (Å²) in [4.78, 5) is 8.13. The molecule has 6 heteroatoms. The fraction of sp³-hybridized carbons (Fsp3) is 0.294. The van der Waals surface area contributed by atoms with Crippen molar-refractivity contribution in [3.05, 3.63) is 54.2 Å². The zero-order valence-electron chi connectivity index (χ0n) is 12.7. The molecule has 1 aliphatic heterocycles. The van der Waals surface area contributed by atoms with Crippen molar-refractivity contribution in [3.8, 4) is 0 Å². The van der Waals surface area contributed by atoms with Gasteiger partial charge in [-0.2, -0.15) is 4.39 Å². The Labute approximate surface area is 133 Å². The van der Waals surface area contributed by atoms with E-state index in [2.05, 4.69) is 19.9 Å². The summed E-state index contributed by atoms with van der Waals surface area (Å²) < 4.78 is 18.6. The standard InChI is InChI=1S/C17H17FN4O/c18-17-11-13(5-6-19-17)22-9-7-21(8-10-22)12-15-14-3-1-2-4-16(14)23-20-15/h1-6,11H,7-10,12H2. The molecular formula is C17H17FN4O. The Balaban J connectivity index is 1.42. The van der Waals surface area contributed by atoms with Crippen molar-refractivity contribution in [1.29, 1.82) is 0 Å². The van der Waals surface area contributed by atoms with Crippen molar-refractivity contribution < 1.29 is 8.91 Å². The minimum Gasteiger partial charge on any atom is -0.369 e. The molecule has 0 spiro atoms. The molecule has 3 heterocycles. The van der Waals surface area contributed by atoms with Crippen molar-refractivity contribution >= 4 is 16.7 Å². The molecule has 0 N–H and O–H groups in total. The van der Waals surface area contributed by atoms with E-state index >= 15 is 0 Å². The summed E-state index contributed by atoms with van der Waals surface area (Å²) in [5.41, 5.74) is 2.70. The minimum atomic E-state index is -0.431. The second-order valence-electron chi connectivity index (χ2n) is 5.73. The largest absolute Gasteiger partial charge is 0.369 e. The number of piperazine rings is 1. The van der Waals surface area contributed by atoms with Gasteiger partial charge in [0.05, 0.1) is 0 Å². The number of halogens is 1. The summed E-state index contributed by atoms with van der Waals surface area (Å²) in [7, 11) is 0. The molecule has 23 heavy (non-hydrogen) atoms. The highest BCUT2D eigenvalue weighted by Crippen LogP contribution is 2.21. The van der Waals surface area contributed by atoms with Crippen LogP contribution in [-0.2, 0) is 6.54 Å². The van der Waals surface area contributed by atoms with Gasteiger partial charge in [0.25, 0.3) is 0 Å². The summed E-state index contributed by atoms with van der Waals surface area (Å²) >= 11 is 0. The third kappa shape index (κ3) is 2.90. The summed E-state index contributed by atoms with van der Waals surface area (Å²) in [6.45, 7) is 4.31. The zero-order valence-corrected chi connectivity index (χ0v) is 12.7. The molecule has 0 saturated carbocycles. The maximum absolute atomic E-state index is 13.2. The lowest BCUT2D eigenvalue weighted by atomic mass is 10.2. The maximum Gasteiger partial charge on any atom is 0.214 e. The van der Waals surface area contributed by atoms with Gasteiger partial charge in [0.1, 0.15) is 5.69 Å². The van der Waals surface area contributed by atoms with E-state index in [1.807, 2.05) is 30.3 Å². The van der Waals surface area contributed by atoms with Crippen LogP contribution in [0.1, 0.15) is 5.69 Å². The van der Waals surface area contributed by atoms with E-state index in [0.29, 0.717) is 0 Å². The number of para-hydroxylation sites is 1. The molecule has 0 atom stereocenters. The molecule has 0 amide bonds. The second-order valence-corrected chi connectivity index (χ2v) is 5.73. The normalized spacial score (nSPS) is 16.1. The highest BCUT2D eigenvalue weighted by Gasteiger charge is 2.19. The average Bonchev–Trinajstić information content (AvgIpc) is 2.99. The summed E-state index contributed by atoms with van der Waals surface area (Å²) in [6, 6.07) is 11.3. The van der Waals surface area contributed by atoms with E-state index in [9.17, 15) is 4.39 Å². The molecule has 5 nitrogen and oxygen atoms in total. The van der Waals surface area contributed by atoms with Gasteiger partial charge in [-0.3, -0.25) is 4.90 Å². The number of hydrogen-bond acceptors (Lipinski definition) is 5. The summed E-state index contributed by atoms with van der Waals surface area (Å²) in [5, 5.41) is 5.27. The molecule has 0 unspecified atom stereocenters. The van der Waals surface area contributed by atoms with Gasteiger partial charge in [-0.25, -0.2) is 4.98 Å². The quantitative estimate of drug-likeness (QED) is 0.696. The lowest BCUT2D eigenvalue weighted by Gasteiger charge is -2.35. The lowest BCUT2D eigenvalue weighted by molar-refractivity contribution is 0.243. The van der Waals surface area contributed by atoms with Crippen LogP contribution in [0.3, 0.4) is 0 Å². The van der Waals surface area contributed by atoms with Crippen LogP contribution in [-0.4, -0.2) is 41.2 Å². The van der Waals surface area contributed by atoms with Crippen LogP contribution in [0.25, 0.3) is 11.0 Å². The Morgan fingerprint density at radius 1 is 1.09 bits per heavy atom. The topological polar surface area (TPSA) is 45.4 Å². The van der Waals surface area contributed by atoms with E-state index in [1.54, 1.807) is 0 Å². The fourth-order valence-corrected chi connectivity index (χ4v) is 3.02. The first kappa shape index (κ1) is 14.1. The molecule has 1 aromatic carbocycles. The molecule has 0 radical (unpaired) electrons. The van der Waals surface area contributed by atoms with E-state index in [1.165, 1.54) is 12.3 Å². The van der Waals surface area contributed by atoms with Crippen LogP contribution in [0.2, 0.25) is 0 Å². The van der Waals surface area contributed by atoms with E-state index < -0.39 is 5.95 Å². The SMILES string of the molecule is Fc1cc(N2CCN(Cc3noc4ccccc34)CC2)ccn1. The first-order chi connectivity index (χ1) is 11.3. The Morgan fingerprint density at radius 3 is 2.74 bits per heavy atom. The van der Waals surface area contributed by atoms with Crippen molar-refractivity contribution in [2.75, 3.05) is 31.1 Å². The number of fused-ring (bicyclic) bond motifs is 1. The molecule has 0 bridgehead atoms. The highest BCUT2D eigenvalue weighted by molar-refractivity contribution is 5.79. The van der Waals surface area contributed by atoms with Crippen LogP contribution < -0.4 is 4.90 Å². The molecule has 0 aliphatic carbocycles.